The molecule has 0 atom stereocenters. The molecule has 0 aliphatic heterocycles. The number of aryl methyl sites for hydroxylation is 1. The highest BCUT2D eigenvalue weighted by molar-refractivity contribution is 7.21. The van der Waals surface area contributed by atoms with E-state index in [2.05, 4.69) is 4.98 Å². The fraction of sp³-hybridized carbons (Fsp3) is 0.0526. The van der Waals surface area contributed by atoms with Gasteiger partial charge in [0.05, 0.1) is 16.3 Å². The van der Waals surface area contributed by atoms with E-state index in [4.69, 9.17) is 0 Å². The number of amides is 1. The third kappa shape index (κ3) is 2.72. The Labute approximate surface area is 147 Å². The number of thiazole rings is 1. The lowest BCUT2D eigenvalue weighted by Crippen LogP contribution is -2.25. The highest BCUT2D eigenvalue weighted by atomic mass is 32.1. The molecule has 0 saturated carbocycles. The lowest BCUT2D eigenvalue weighted by molar-refractivity contribution is 0.100. The maximum Gasteiger partial charge on any atom is 0.274 e. The number of fused-ring (bicyclic) bond motifs is 1. The van der Waals surface area contributed by atoms with Crippen LogP contribution in [0, 0.1) is 6.92 Å². The maximum atomic E-state index is 13.2. The van der Waals surface area contributed by atoms with E-state index in [0.29, 0.717) is 10.0 Å². The number of carbonyl (C=O) groups is 1. The Balaban J connectivity index is 1.82. The Kier molecular flexibility index (Phi) is 3.88. The molecule has 2 aromatic heterocycles. The van der Waals surface area contributed by atoms with Crippen molar-refractivity contribution in [2.24, 2.45) is 0 Å². The number of aromatic nitrogens is 1. The average molecular weight is 350 g/mol. The smallest absolute Gasteiger partial charge is 0.267 e. The summed E-state index contributed by atoms with van der Waals surface area (Å²) >= 11 is 3.00. The number of hydrogen-bond donors (Lipinski definition) is 0. The average Bonchev–Trinajstić information content (AvgIpc) is 3.22. The minimum atomic E-state index is -0.0447. The molecule has 0 saturated heterocycles. The number of hydrogen-bond acceptors (Lipinski definition) is 4. The summed E-state index contributed by atoms with van der Waals surface area (Å²) in [5.41, 5.74) is 1.74. The van der Waals surface area contributed by atoms with Crippen LogP contribution in [0.4, 0.5) is 10.8 Å². The van der Waals surface area contributed by atoms with Crippen LogP contribution in [-0.4, -0.2) is 10.9 Å². The van der Waals surface area contributed by atoms with E-state index >= 15 is 0 Å². The molecular weight excluding hydrogens is 336 g/mol. The van der Waals surface area contributed by atoms with Crippen LogP contribution in [-0.2, 0) is 0 Å². The molecule has 5 heteroatoms. The highest BCUT2D eigenvalue weighted by Crippen LogP contribution is 2.33. The topological polar surface area (TPSA) is 33.2 Å². The molecule has 0 aliphatic rings. The molecule has 0 bridgehead atoms. The van der Waals surface area contributed by atoms with Crippen LogP contribution in [0.3, 0.4) is 0 Å². The van der Waals surface area contributed by atoms with Crippen molar-refractivity contribution in [2.75, 3.05) is 4.90 Å². The van der Waals surface area contributed by atoms with Crippen LogP contribution in [0.1, 0.15) is 15.4 Å². The van der Waals surface area contributed by atoms with Gasteiger partial charge in [-0.15, -0.1) is 22.7 Å². The van der Waals surface area contributed by atoms with Crippen LogP contribution in [0.15, 0.2) is 66.0 Å². The zero-order valence-corrected chi connectivity index (χ0v) is 14.6. The third-order valence-corrected chi connectivity index (χ3v) is 5.70. The molecule has 0 aliphatic carbocycles. The Morgan fingerprint density at radius 2 is 1.79 bits per heavy atom. The Hall–Kier alpha value is -2.50. The zero-order chi connectivity index (χ0) is 16.5. The van der Waals surface area contributed by atoms with Crippen molar-refractivity contribution in [3.63, 3.8) is 0 Å². The molecule has 0 fully saturated rings. The fourth-order valence-corrected chi connectivity index (χ4v) is 4.35. The second-order valence-electron chi connectivity index (χ2n) is 5.40. The SMILES string of the molecule is Cc1csc(N(C(=O)c2cc3ccccc3s2)c2ccccc2)n1. The van der Waals surface area contributed by atoms with Gasteiger partial charge in [-0.3, -0.25) is 9.69 Å². The molecule has 2 heterocycles. The van der Waals surface area contributed by atoms with E-state index in [0.717, 1.165) is 21.5 Å². The Morgan fingerprint density at radius 1 is 1.04 bits per heavy atom. The summed E-state index contributed by atoms with van der Waals surface area (Å²) in [5.74, 6) is -0.0447. The third-order valence-electron chi connectivity index (χ3n) is 3.65. The first-order valence-electron chi connectivity index (χ1n) is 7.52. The van der Waals surface area contributed by atoms with Crippen molar-refractivity contribution in [3.8, 4) is 0 Å². The predicted octanol–water partition coefficient (Wildman–Crippen LogP) is 5.64. The molecule has 0 N–H and O–H groups in total. The summed E-state index contributed by atoms with van der Waals surface area (Å²) in [7, 11) is 0. The first-order valence-corrected chi connectivity index (χ1v) is 9.22. The van der Waals surface area contributed by atoms with E-state index in [1.807, 2.05) is 73.0 Å². The molecule has 0 unspecified atom stereocenters. The first-order chi connectivity index (χ1) is 11.7. The van der Waals surface area contributed by atoms with Gasteiger partial charge >= 0.3 is 0 Å². The summed E-state index contributed by atoms with van der Waals surface area (Å²) in [6.07, 6.45) is 0. The van der Waals surface area contributed by atoms with Gasteiger partial charge < -0.3 is 0 Å². The van der Waals surface area contributed by atoms with Gasteiger partial charge in [0.25, 0.3) is 5.91 Å². The van der Waals surface area contributed by atoms with Crippen LogP contribution < -0.4 is 4.90 Å². The van der Waals surface area contributed by atoms with Crippen molar-refractivity contribution < 1.29 is 4.79 Å². The van der Waals surface area contributed by atoms with Gasteiger partial charge in [-0.2, -0.15) is 0 Å². The van der Waals surface area contributed by atoms with Crippen molar-refractivity contribution in [1.29, 1.82) is 0 Å². The molecule has 118 valence electrons. The summed E-state index contributed by atoms with van der Waals surface area (Å²) < 4.78 is 1.11. The normalized spacial score (nSPS) is 10.9. The highest BCUT2D eigenvalue weighted by Gasteiger charge is 2.23. The minimum absolute atomic E-state index is 0.0447. The molecule has 4 aromatic rings. The number of para-hydroxylation sites is 1. The number of benzene rings is 2. The van der Waals surface area contributed by atoms with Gasteiger partial charge in [-0.05, 0) is 36.6 Å². The monoisotopic (exact) mass is 350 g/mol. The van der Waals surface area contributed by atoms with Gasteiger partial charge in [0.15, 0.2) is 5.13 Å². The predicted molar refractivity (Wildman–Crippen MR) is 102 cm³/mol. The molecule has 4 rings (SSSR count). The quantitative estimate of drug-likeness (QED) is 0.479. The van der Waals surface area contributed by atoms with E-state index in [1.165, 1.54) is 22.7 Å². The van der Waals surface area contributed by atoms with E-state index in [-0.39, 0.29) is 5.91 Å². The van der Waals surface area contributed by atoms with Gasteiger partial charge in [-0.25, -0.2) is 4.98 Å². The Morgan fingerprint density at radius 3 is 2.50 bits per heavy atom. The molecule has 24 heavy (non-hydrogen) atoms. The first kappa shape index (κ1) is 15.1. The van der Waals surface area contributed by atoms with Gasteiger partial charge in [0.2, 0.25) is 0 Å². The molecule has 0 spiro atoms. The van der Waals surface area contributed by atoms with Gasteiger partial charge in [0.1, 0.15) is 0 Å². The molecule has 0 radical (unpaired) electrons. The second kappa shape index (κ2) is 6.19. The number of nitrogens with zero attached hydrogens (tertiary/aromatic N) is 2. The second-order valence-corrected chi connectivity index (χ2v) is 7.32. The van der Waals surface area contributed by atoms with Gasteiger partial charge in [-0.1, -0.05) is 36.4 Å². The van der Waals surface area contributed by atoms with E-state index in [9.17, 15) is 4.79 Å². The summed E-state index contributed by atoms with van der Waals surface area (Å²) in [6, 6.07) is 19.7. The van der Waals surface area contributed by atoms with Crippen molar-refractivity contribution in [2.45, 2.75) is 6.92 Å². The van der Waals surface area contributed by atoms with Crippen molar-refractivity contribution in [3.05, 3.63) is 76.6 Å². The van der Waals surface area contributed by atoms with Crippen LogP contribution in [0.2, 0.25) is 0 Å². The van der Waals surface area contributed by atoms with Crippen LogP contribution in [0.25, 0.3) is 10.1 Å². The van der Waals surface area contributed by atoms with Crippen LogP contribution >= 0.6 is 22.7 Å². The lowest BCUT2D eigenvalue weighted by Gasteiger charge is -2.19. The molecule has 1 amide bonds. The number of anilines is 2. The summed E-state index contributed by atoms with van der Waals surface area (Å²) in [5, 5.41) is 3.75. The fourth-order valence-electron chi connectivity index (χ4n) is 2.53. The van der Waals surface area contributed by atoms with E-state index < -0.39 is 0 Å². The number of rotatable bonds is 3. The summed E-state index contributed by atoms with van der Waals surface area (Å²) in [4.78, 5) is 20.2. The zero-order valence-electron chi connectivity index (χ0n) is 13.0. The molecule has 3 nitrogen and oxygen atoms in total. The van der Waals surface area contributed by atoms with Crippen molar-refractivity contribution >= 4 is 49.5 Å². The standard InChI is InChI=1S/C19H14N2OS2/c1-13-12-23-19(20-13)21(15-8-3-2-4-9-15)18(22)17-11-14-7-5-6-10-16(14)24-17/h2-12H,1H3. The van der Waals surface area contributed by atoms with Gasteiger partial charge in [0, 0.05) is 10.1 Å². The lowest BCUT2D eigenvalue weighted by atomic mass is 10.2. The maximum absolute atomic E-state index is 13.2. The Bertz CT molecular complexity index is 971. The molecule has 2 aromatic carbocycles. The minimum Gasteiger partial charge on any atom is -0.267 e. The number of thiophene rings is 1. The number of carbonyl (C=O) groups excluding carboxylic acids is 1. The van der Waals surface area contributed by atoms with Crippen LogP contribution in [0.5, 0.6) is 0 Å². The largest absolute Gasteiger partial charge is 0.274 e. The van der Waals surface area contributed by atoms with E-state index in [1.54, 1.807) is 4.90 Å². The van der Waals surface area contributed by atoms with Crippen molar-refractivity contribution in [1.82, 2.24) is 4.98 Å². The summed E-state index contributed by atoms with van der Waals surface area (Å²) in [6.45, 7) is 1.94. The molecular formula is C19H14N2OS2.